The van der Waals surface area contributed by atoms with Crippen LogP contribution in [0.1, 0.15) is 33.6 Å². The van der Waals surface area contributed by atoms with Gasteiger partial charge in [-0.3, -0.25) is 0 Å². The van der Waals surface area contributed by atoms with Gasteiger partial charge in [-0.1, -0.05) is 13.8 Å². The van der Waals surface area contributed by atoms with Crippen LogP contribution in [0.4, 0.5) is 0 Å². The van der Waals surface area contributed by atoms with Crippen LogP contribution >= 0.6 is 0 Å². The van der Waals surface area contributed by atoms with E-state index >= 15 is 0 Å². The Balaban J connectivity index is 2.55. The van der Waals surface area contributed by atoms with Crippen molar-refractivity contribution in [2.24, 2.45) is 11.3 Å². The van der Waals surface area contributed by atoms with E-state index in [4.69, 9.17) is 4.74 Å². The van der Waals surface area contributed by atoms with Crippen molar-refractivity contribution in [3.05, 3.63) is 0 Å². The molecule has 2 atom stereocenters. The molecule has 0 aliphatic heterocycles. The molecule has 0 radical (unpaired) electrons. The maximum atomic E-state index is 9.32. The van der Waals surface area contributed by atoms with Crippen LogP contribution in [-0.2, 0) is 4.74 Å². The SMILES string of the molecule is CCO[C@@H]1CC[C@]1(CO)C(C)C. The van der Waals surface area contributed by atoms with E-state index in [-0.39, 0.29) is 12.0 Å². The first-order chi connectivity index (χ1) is 5.67. The third-order valence-electron chi connectivity index (χ3n) is 3.33. The van der Waals surface area contributed by atoms with Gasteiger partial charge in [0.25, 0.3) is 0 Å². The molecule has 0 spiro atoms. The van der Waals surface area contributed by atoms with Crippen molar-refractivity contribution in [2.75, 3.05) is 13.2 Å². The lowest BCUT2D eigenvalue weighted by molar-refractivity contribution is -0.153. The molecular weight excluding hydrogens is 152 g/mol. The number of aliphatic hydroxyl groups excluding tert-OH is 1. The monoisotopic (exact) mass is 172 g/mol. The number of hydrogen-bond acceptors (Lipinski definition) is 2. The summed E-state index contributed by atoms with van der Waals surface area (Å²) in [5, 5.41) is 9.32. The smallest absolute Gasteiger partial charge is 0.0655 e. The lowest BCUT2D eigenvalue weighted by Crippen LogP contribution is -2.52. The molecule has 0 heterocycles. The topological polar surface area (TPSA) is 29.5 Å². The van der Waals surface area contributed by atoms with Crippen molar-refractivity contribution in [2.45, 2.75) is 39.7 Å². The largest absolute Gasteiger partial charge is 0.396 e. The van der Waals surface area contributed by atoms with Crippen molar-refractivity contribution >= 4 is 0 Å². The lowest BCUT2D eigenvalue weighted by Gasteiger charge is -2.51. The van der Waals surface area contributed by atoms with Gasteiger partial charge >= 0.3 is 0 Å². The van der Waals surface area contributed by atoms with Gasteiger partial charge in [-0.25, -0.2) is 0 Å². The Morgan fingerprint density at radius 3 is 2.50 bits per heavy atom. The quantitative estimate of drug-likeness (QED) is 0.701. The van der Waals surface area contributed by atoms with Gasteiger partial charge in [-0.15, -0.1) is 0 Å². The minimum absolute atomic E-state index is 0.0655. The molecule has 1 rings (SSSR count). The molecule has 72 valence electrons. The molecule has 0 unspecified atom stereocenters. The third-order valence-corrected chi connectivity index (χ3v) is 3.33. The molecule has 1 saturated carbocycles. The minimum atomic E-state index is 0.0655. The van der Waals surface area contributed by atoms with Crippen LogP contribution in [0.25, 0.3) is 0 Å². The molecule has 12 heavy (non-hydrogen) atoms. The summed E-state index contributed by atoms with van der Waals surface area (Å²) in [6.07, 6.45) is 2.53. The summed E-state index contributed by atoms with van der Waals surface area (Å²) in [5.74, 6) is 0.521. The molecule has 1 aliphatic rings. The van der Waals surface area contributed by atoms with Gasteiger partial charge in [-0.05, 0) is 25.7 Å². The standard InChI is InChI=1S/C10H20O2/c1-4-12-9-5-6-10(9,7-11)8(2)3/h8-9,11H,4-7H2,1-3H3/t9-,10+/m1/s1. The molecule has 0 aromatic heterocycles. The van der Waals surface area contributed by atoms with Gasteiger partial charge in [0, 0.05) is 12.0 Å². The van der Waals surface area contributed by atoms with Crippen LogP contribution in [0.2, 0.25) is 0 Å². The van der Waals surface area contributed by atoms with E-state index in [9.17, 15) is 5.11 Å². The molecule has 0 amide bonds. The number of aliphatic hydroxyl groups is 1. The second-order valence-electron chi connectivity index (χ2n) is 4.03. The second-order valence-corrected chi connectivity index (χ2v) is 4.03. The molecule has 0 aromatic rings. The predicted molar refractivity (Wildman–Crippen MR) is 49.0 cm³/mol. The second kappa shape index (κ2) is 3.75. The normalized spacial score (nSPS) is 35.2. The van der Waals surface area contributed by atoms with E-state index in [1.165, 1.54) is 0 Å². The molecular formula is C10H20O2. The summed E-state index contributed by atoms with van der Waals surface area (Å²) in [6, 6.07) is 0. The van der Waals surface area contributed by atoms with Gasteiger partial charge < -0.3 is 9.84 Å². The van der Waals surface area contributed by atoms with Crippen molar-refractivity contribution in [3.63, 3.8) is 0 Å². The van der Waals surface area contributed by atoms with Crippen LogP contribution in [0.15, 0.2) is 0 Å². The molecule has 0 aromatic carbocycles. The van der Waals surface area contributed by atoms with E-state index < -0.39 is 0 Å². The van der Waals surface area contributed by atoms with E-state index in [0.29, 0.717) is 12.0 Å². The Bertz CT molecular complexity index is 141. The lowest BCUT2D eigenvalue weighted by atomic mass is 9.60. The summed E-state index contributed by atoms with van der Waals surface area (Å²) in [6.45, 7) is 7.39. The van der Waals surface area contributed by atoms with Crippen LogP contribution in [0, 0.1) is 11.3 Å². The number of rotatable bonds is 4. The van der Waals surface area contributed by atoms with Gasteiger partial charge in [0.1, 0.15) is 0 Å². The predicted octanol–water partition coefficient (Wildman–Crippen LogP) is 1.82. The van der Waals surface area contributed by atoms with E-state index in [1.54, 1.807) is 0 Å². The Morgan fingerprint density at radius 2 is 2.25 bits per heavy atom. The Kier molecular flexibility index (Phi) is 3.13. The average Bonchev–Trinajstić information content (AvgIpc) is 1.99. The Morgan fingerprint density at radius 1 is 1.58 bits per heavy atom. The van der Waals surface area contributed by atoms with Gasteiger partial charge in [0.2, 0.25) is 0 Å². The van der Waals surface area contributed by atoms with Gasteiger partial charge in [0.15, 0.2) is 0 Å². The van der Waals surface area contributed by atoms with Crippen molar-refractivity contribution in [3.8, 4) is 0 Å². The van der Waals surface area contributed by atoms with Crippen LogP contribution in [-0.4, -0.2) is 24.4 Å². The van der Waals surface area contributed by atoms with Gasteiger partial charge in [-0.2, -0.15) is 0 Å². The fraction of sp³-hybridized carbons (Fsp3) is 1.00. The zero-order valence-corrected chi connectivity index (χ0v) is 8.34. The molecule has 0 bridgehead atoms. The number of hydrogen-bond donors (Lipinski definition) is 1. The molecule has 1 N–H and O–H groups in total. The van der Waals surface area contributed by atoms with Crippen LogP contribution in [0.3, 0.4) is 0 Å². The molecule has 1 fully saturated rings. The van der Waals surface area contributed by atoms with E-state index in [0.717, 1.165) is 19.4 Å². The van der Waals surface area contributed by atoms with E-state index in [2.05, 4.69) is 13.8 Å². The maximum Gasteiger partial charge on any atom is 0.0655 e. The Labute approximate surface area is 74.9 Å². The van der Waals surface area contributed by atoms with Crippen LogP contribution in [0.5, 0.6) is 0 Å². The summed E-state index contributed by atoms with van der Waals surface area (Å²) in [7, 11) is 0. The number of ether oxygens (including phenoxy) is 1. The minimum Gasteiger partial charge on any atom is -0.396 e. The Hall–Kier alpha value is -0.0800. The van der Waals surface area contributed by atoms with Gasteiger partial charge in [0.05, 0.1) is 12.7 Å². The highest BCUT2D eigenvalue weighted by Gasteiger charge is 2.49. The highest BCUT2D eigenvalue weighted by atomic mass is 16.5. The summed E-state index contributed by atoms with van der Waals surface area (Å²) < 4.78 is 5.59. The van der Waals surface area contributed by atoms with E-state index in [1.807, 2.05) is 6.92 Å². The summed E-state index contributed by atoms with van der Waals surface area (Å²) in [5.41, 5.74) is 0.0655. The summed E-state index contributed by atoms with van der Waals surface area (Å²) >= 11 is 0. The third kappa shape index (κ3) is 1.38. The van der Waals surface area contributed by atoms with Crippen molar-refractivity contribution in [1.29, 1.82) is 0 Å². The molecule has 1 aliphatic carbocycles. The highest BCUT2D eigenvalue weighted by molar-refractivity contribution is 4.98. The molecule has 0 saturated heterocycles. The average molecular weight is 172 g/mol. The van der Waals surface area contributed by atoms with Crippen molar-refractivity contribution < 1.29 is 9.84 Å². The highest BCUT2D eigenvalue weighted by Crippen LogP contribution is 2.48. The first kappa shape index (κ1) is 10.0. The first-order valence-electron chi connectivity index (χ1n) is 4.90. The molecule has 2 heteroatoms. The summed E-state index contributed by atoms with van der Waals surface area (Å²) in [4.78, 5) is 0. The maximum absolute atomic E-state index is 9.32. The van der Waals surface area contributed by atoms with Crippen molar-refractivity contribution in [1.82, 2.24) is 0 Å². The zero-order chi connectivity index (χ0) is 9.19. The fourth-order valence-corrected chi connectivity index (χ4v) is 2.11. The molecule has 2 nitrogen and oxygen atoms in total. The first-order valence-corrected chi connectivity index (χ1v) is 4.90. The zero-order valence-electron chi connectivity index (χ0n) is 8.34. The fourth-order valence-electron chi connectivity index (χ4n) is 2.11. The van der Waals surface area contributed by atoms with Crippen LogP contribution < -0.4 is 0 Å².